The molecule has 9 heteroatoms. The number of nitrogen functional groups attached to an aromatic ring is 1. The average Bonchev–Trinajstić information content (AvgIpc) is 3.23. The quantitative estimate of drug-likeness (QED) is 0.388. The molecule has 0 saturated carbocycles. The van der Waals surface area contributed by atoms with Gasteiger partial charge in [0.05, 0.1) is 7.05 Å². The third-order valence-corrected chi connectivity index (χ3v) is 5.13. The Morgan fingerprint density at radius 3 is 2.93 bits per heavy atom. The molecule has 0 unspecified atom stereocenters. The van der Waals surface area contributed by atoms with Gasteiger partial charge in [0.15, 0.2) is 11.5 Å². The molecule has 0 radical (unpaired) electrons. The van der Waals surface area contributed by atoms with E-state index in [1.165, 1.54) is 10.5 Å². The summed E-state index contributed by atoms with van der Waals surface area (Å²) in [5, 5.41) is 3.15. The predicted molar refractivity (Wildman–Crippen MR) is 108 cm³/mol. The number of ether oxygens (including phenoxy) is 2. The number of nitrogens with two attached hydrogens (primary N) is 1. The number of aryl methyl sites for hydroxylation is 1. The maximum Gasteiger partial charge on any atom is 0.278 e. The van der Waals surface area contributed by atoms with Crippen LogP contribution in [0.15, 0.2) is 53.5 Å². The van der Waals surface area contributed by atoms with Crippen LogP contribution in [0.2, 0.25) is 0 Å². The largest absolute Gasteiger partial charge is 0.454 e. The number of anilines is 1. The Morgan fingerprint density at radius 2 is 2.07 bits per heavy atom. The number of amides is 1. The van der Waals surface area contributed by atoms with Gasteiger partial charge in [-0.1, -0.05) is 17.1 Å². The SMILES string of the molecule is C[n+]1c(N)c(C(=O)NCc2ccc3c(c2)OCO3)cc2c(=O)n3ccccc3nc21. The van der Waals surface area contributed by atoms with Gasteiger partial charge in [0.1, 0.15) is 10.9 Å². The maximum absolute atomic E-state index is 12.9. The molecule has 3 N–H and O–H groups in total. The summed E-state index contributed by atoms with van der Waals surface area (Å²) >= 11 is 0. The number of hydrogen-bond donors (Lipinski definition) is 2. The smallest absolute Gasteiger partial charge is 0.278 e. The van der Waals surface area contributed by atoms with Crippen molar-refractivity contribution in [1.29, 1.82) is 0 Å². The standard InChI is InChI=1S/C21H17N5O4/c1-25-18(22)13(9-14-19(25)24-17-4-2-3-7-26(17)21(14)28)20(27)23-10-12-5-6-15-16(8-12)30-11-29-15/h2-9,22H,10-11H2,1H3,(H,23,27)/p+1. The van der Waals surface area contributed by atoms with Crippen LogP contribution in [0.1, 0.15) is 15.9 Å². The molecule has 0 saturated heterocycles. The first-order valence-electron chi connectivity index (χ1n) is 9.29. The van der Waals surface area contributed by atoms with Gasteiger partial charge in [-0.3, -0.25) is 14.0 Å². The number of benzene rings is 1. The summed E-state index contributed by atoms with van der Waals surface area (Å²) in [7, 11) is 1.68. The van der Waals surface area contributed by atoms with E-state index in [0.717, 1.165) is 5.56 Å². The topological polar surface area (TPSA) is 112 Å². The van der Waals surface area contributed by atoms with Gasteiger partial charge in [-0.15, -0.1) is 0 Å². The number of carbonyl (C=O) groups excluding carboxylic acids is 1. The van der Waals surface area contributed by atoms with Crippen molar-refractivity contribution in [2.45, 2.75) is 6.54 Å². The van der Waals surface area contributed by atoms with Gasteiger partial charge >= 0.3 is 0 Å². The lowest BCUT2D eigenvalue weighted by molar-refractivity contribution is -0.632. The number of nitrogens with one attached hydrogen (secondary N) is 1. The van der Waals surface area contributed by atoms with Gasteiger partial charge in [0.2, 0.25) is 18.3 Å². The fourth-order valence-electron chi connectivity index (χ4n) is 3.50. The zero-order chi connectivity index (χ0) is 20.8. The zero-order valence-corrected chi connectivity index (χ0v) is 16.1. The maximum atomic E-state index is 12.9. The molecule has 1 aromatic carbocycles. The minimum absolute atomic E-state index is 0.188. The average molecular weight is 404 g/mol. The molecule has 4 aromatic rings. The molecule has 5 rings (SSSR count). The normalized spacial score (nSPS) is 12.4. The fraction of sp³-hybridized carbons (Fsp3) is 0.143. The molecule has 30 heavy (non-hydrogen) atoms. The molecule has 1 aliphatic heterocycles. The molecular formula is C21H18N5O4+. The minimum Gasteiger partial charge on any atom is -0.454 e. The van der Waals surface area contributed by atoms with E-state index in [1.807, 2.05) is 12.1 Å². The summed E-state index contributed by atoms with van der Waals surface area (Å²) in [5.41, 5.74) is 7.91. The lowest BCUT2D eigenvalue weighted by Gasteiger charge is -2.10. The molecule has 0 aliphatic carbocycles. The van der Waals surface area contributed by atoms with Gasteiger partial charge in [-0.05, 0) is 35.9 Å². The highest BCUT2D eigenvalue weighted by Crippen LogP contribution is 2.32. The molecular weight excluding hydrogens is 386 g/mol. The van der Waals surface area contributed by atoms with Crippen molar-refractivity contribution < 1.29 is 18.8 Å². The van der Waals surface area contributed by atoms with Crippen LogP contribution in [0, 0.1) is 0 Å². The van der Waals surface area contributed by atoms with E-state index >= 15 is 0 Å². The monoisotopic (exact) mass is 404 g/mol. The van der Waals surface area contributed by atoms with Crippen LogP contribution in [0.5, 0.6) is 11.5 Å². The van der Waals surface area contributed by atoms with Crippen molar-refractivity contribution in [3.63, 3.8) is 0 Å². The molecule has 3 aromatic heterocycles. The summed E-state index contributed by atoms with van der Waals surface area (Å²) < 4.78 is 13.6. The summed E-state index contributed by atoms with van der Waals surface area (Å²) in [4.78, 5) is 30.3. The van der Waals surface area contributed by atoms with Crippen molar-refractivity contribution >= 4 is 28.4 Å². The van der Waals surface area contributed by atoms with Gasteiger partial charge in [-0.25, -0.2) is 4.57 Å². The molecule has 0 spiro atoms. The Kier molecular flexibility index (Phi) is 4.02. The van der Waals surface area contributed by atoms with Gasteiger partial charge in [-0.2, -0.15) is 0 Å². The number of nitrogens with zero attached hydrogens (tertiary/aromatic N) is 3. The Hall–Kier alpha value is -4.14. The lowest BCUT2D eigenvalue weighted by atomic mass is 10.1. The summed E-state index contributed by atoms with van der Waals surface area (Å²) in [6, 6.07) is 12.2. The Morgan fingerprint density at radius 1 is 1.23 bits per heavy atom. The van der Waals surface area contributed by atoms with E-state index in [0.29, 0.717) is 28.2 Å². The van der Waals surface area contributed by atoms with Crippen LogP contribution < -0.4 is 30.7 Å². The zero-order valence-electron chi connectivity index (χ0n) is 16.1. The molecule has 9 nitrogen and oxygen atoms in total. The first kappa shape index (κ1) is 17.9. The van der Waals surface area contributed by atoms with E-state index in [2.05, 4.69) is 10.3 Å². The molecule has 1 aliphatic rings. The van der Waals surface area contributed by atoms with Crippen molar-refractivity contribution in [1.82, 2.24) is 14.7 Å². The van der Waals surface area contributed by atoms with Crippen LogP contribution in [0.4, 0.5) is 5.82 Å². The van der Waals surface area contributed by atoms with Crippen LogP contribution in [-0.4, -0.2) is 22.1 Å². The highest BCUT2D eigenvalue weighted by atomic mass is 16.7. The number of carbonyl (C=O) groups is 1. The van der Waals surface area contributed by atoms with E-state index in [9.17, 15) is 9.59 Å². The van der Waals surface area contributed by atoms with Crippen molar-refractivity contribution in [2.75, 3.05) is 12.5 Å². The molecule has 1 amide bonds. The van der Waals surface area contributed by atoms with E-state index in [4.69, 9.17) is 15.2 Å². The second-order valence-electron chi connectivity index (χ2n) is 6.96. The van der Waals surface area contributed by atoms with Crippen LogP contribution >= 0.6 is 0 Å². The highest BCUT2D eigenvalue weighted by molar-refractivity contribution is 6.00. The van der Waals surface area contributed by atoms with Crippen LogP contribution in [0.25, 0.3) is 16.7 Å². The van der Waals surface area contributed by atoms with E-state index < -0.39 is 0 Å². The lowest BCUT2D eigenvalue weighted by Crippen LogP contribution is -2.39. The van der Waals surface area contributed by atoms with Crippen molar-refractivity contribution in [3.05, 3.63) is 70.1 Å². The summed E-state index contributed by atoms with van der Waals surface area (Å²) in [5.74, 6) is 1.15. The Balaban J connectivity index is 1.51. The third-order valence-electron chi connectivity index (χ3n) is 5.13. The second-order valence-corrected chi connectivity index (χ2v) is 6.96. The number of fused-ring (bicyclic) bond motifs is 3. The first-order valence-corrected chi connectivity index (χ1v) is 9.29. The molecule has 0 bridgehead atoms. The van der Waals surface area contributed by atoms with E-state index in [-0.39, 0.29) is 36.2 Å². The van der Waals surface area contributed by atoms with E-state index in [1.54, 1.807) is 42.1 Å². The number of pyridine rings is 2. The number of rotatable bonds is 3. The second kappa shape index (κ2) is 6.73. The summed E-state index contributed by atoms with van der Waals surface area (Å²) in [6.07, 6.45) is 1.64. The fourth-order valence-corrected chi connectivity index (χ4v) is 3.50. The van der Waals surface area contributed by atoms with Crippen molar-refractivity contribution in [3.8, 4) is 11.5 Å². The predicted octanol–water partition coefficient (Wildman–Crippen LogP) is 0.913. The first-order chi connectivity index (χ1) is 14.5. The third kappa shape index (κ3) is 2.79. The summed E-state index contributed by atoms with van der Waals surface area (Å²) in [6.45, 7) is 0.457. The molecule has 4 heterocycles. The number of hydrogen-bond acceptors (Lipinski definition) is 6. The van der Waals surface area contributed by atoms with Gasteiger partial charge in [0, 0.05) is 12.7 Å². The molecule has 0 fully saturated rings. The van der Waals surface area contributed by atoms with Crippen molar-refractivity contribution in [2.24, 2.45) is 7.05 Å². The molecule has 150 valence electrons. The number of aromatic nitrogens is 3. The van der Waals surface area contributed by atoms with Crippen LogP contribution in [-0.2, 0) is 13.6 Å². The highest BCUT2D eigenvalue weighted by Gasteiger charge is 2.22. The Labute approximate surface area is 170 Å². The van der Waals surface area contributed by atoms with Gasteiger partial charge < -0.3 is 20.5 Å². The Bertz CT molecular complexity index is 1400. The van der Waals surface area contributed by atoms with Gasteiger partial charge in [0.25, 0.3) is 17.1 Å². The molecule has 0 atom stereocenters. The van der Waals surface area contributed by atoms with Crippen LogP contribution in [0.3, 0.4) is 0 Å². The minimum atomic E-state index is -0.389.